The first kappa shape index (κ1) is 38.0. The number of nitrogens with zero attached hydrogens (tertiary/aromatic N) is 2. The summed E-state index contributed by atoms with van der Waals surface area (Å²) in [6.07, 6.45) is 5.79. The van der Waals surface area contributed by atoms with Gasteiger partial charge < -0.3 is 42.9 Å². The maximum Gasteiger partial charge on any atom is 0.319 e. The summed E-state index contributed by atoms with van der Waals surface area (Å²) in [5.41, 5.74) is 20.0. The van der Waals surface area contributed by atoms with Gasteiger partial charge in [-0.25, -0.2) is 9.78 Å². The Morgan fingerprint density at radius 1 is 1.04 bits per heavy atom. The Morgan fingerprint density at radius 3 is 2.33 bits per heavy atom. The molecule has 0 radical (unpaired) electrons. The zero-order valence-corrected chi connectivity index (χ0v) is 29.4. The molecule has 1 aliphatic rings. The van der Waals surface area contributed by atoms with Crippen molar-refractivity contribution in [3.63, 3.8) is 0 Å². The molecule has 1 heterocycles. The van der Waals surface area contributed by atoms with E-state index in [2.05, 4.69) is 37.0 Å². The Kier molecular flexibility index (Phi) is 14.0. The highest BCUT2D eigenvalue weighted by atomic mass is 16.5. The molecule has 0 unspecified atom stereocenters. The fraction of sp³-hybridized carbons (Fsp3) is 0.500. The standard InChI is InChI=1S/C19H28N6O.C17H27N3O2/c1-19(2,3)17-24-12-15(16(26)25-17)14-7-5-13(6-8-14)11-22-9-4-10-23-18(20)21;1-17(2,3)20-16(21)19-14-8-7-13(12-5-6-12)11-15(14)22-10-4-9-18/h5-8,12,22H,4,9-11H2,1-3H3,(H4,20,21,23)(H,24,25,26);7-8,11-12H,4-6,9-10,18H2,1-3H3,(H2,19,20,21). The van der Waals surface area contributed by atoms with Gasteiger partial charge in [-0.1, -0.05) is 51.1 Å². The van der Waals surface area contributed by atoms with E-state index in [-0.39, 0.29) is 28.5 Å². The lowest BCUT2D eigenvalue weighted by molar-refractivity contribution is 0.243. The van der Waals surface area contributed by atoms with Gasteiger partial charge in [0.1, 0.15) is 11.6 Å². The predicted molar refractivity (Wildman–Crippen MR) is 195 cm³/mol. The van der Waals surface area contributed by atoms with Gasteiger partial charge in [-0.15, -0.1) is 0 Å². The van der Waals surface area contributed by atoms with E-state index in [0.717, 1.165) is 42.8 Å². The van der Waals surface area contributed by atoms with Gasteiger partial charge >= 0.3 is 6.03 Å². The molecular formula is C36H55N9O3. The minimum Gasteiger partial charge on any atom is -0.491 e. The number of aromatic nitrogens is 2. The van der Waals surface area contributed by atoms with Gasteiger partial charge in [0.05, 0.1) is 17.9 Å². The van der Waals surface area contributed by atoms with Crippen LogP contribution in [0.25, 0.3) is 11.1 Å². The molecule has 12 nitrogen and oxygen atoms in total. The Labute approximate surface area is 284 Å². The Bertz CT molecular complexity index is 1550. The zero-order valence-electron chi connectivity index (χ0n) is 29.4. The highest BCUT2D eigenvalue weighted by molar-refractivity contribution is 5.91. The minimum atomic E-state index is -0.279. The molecule has 0 bridgehead atoms. The van der Waals surface area contributed by atoms with Crippen molar-refractivity contribution in [2.75, 3.05) is 31.6 Å². The van der Waals surface area contributed by atoms with Crippen molar-refractivity contribution in [2.45, 2.75) is 90.6 Å². The van der Waals surface area contributed by atoms with E-state index in [0.29, 0.717) is 42.7 Å². The monoisotopic (exact) mass is 661 g/mol. The number of H-pyrrole nitrogens is 1. The number of amides is 2. The highest BCUT2D eigenvalue weighted by Crippen LogP contribution is 2.42. The smallest absolute Gasteiger partial charge is 0.319 e. The number of carbonyl (C=O) groups excluding carboxylic acids is 1. The molecule has 4 rings (SSSR count). The van der Waals surface area contributed by atoms with Gasteiger partial charge in [-0.3, -0.25) is 9.79 Å². The first-order valence-corrected chi connectivity index (χ1v) is 16.7. The van der Waals surface area contributed by atoms with Crippen LogP contribution in [0.4, 0.5) is 10.5 Å². The van der Waals surface area contributed by atoms with Crippen LogP contribution in [0.1, 0.15) is 90.1 Å². The van der Waals surface area contributed by atoms with Crippen LogP contribution in [0.3, 0.4) is 0 Å². The van der Waals surface area contributed by atoms with Crippen molar-refractivity contribution in [2.24, 2.45) is 22.2 Å². The number of rotatable bonds is 13. The van der Waals surface area contributed by atoms with E-state index in [1.165, 1.54) is 18.4 Å². The number of aliphatic imine (C=N–C) groups is 1. The molecule has 12 heteroatoms. The van der Waals surface area contributed by atoms with E-state index in [4.69, 9.17) is 21.9 Å². The number of hydrogen-bond acceptors (Lipinski definition) is 7. The van der Waals surface area contributed by atoms with Gasteiger partial charge in [-0.05, 0) is 94.3 Å². The number of anilines is 1. The van der Waals surface area contributed by atoms with Crippen LogP contribution >= 0.6 is 0 Å². The van der Waals surface area contributed by atoms with E-state index in [1.807, 2.05) is 77.9 Å². The number of carbonyl (C=O) groups is 1. The largest absolute Gasteiger partial charge is 0.491 e. The van der Waals surface area contributed by atoms with Crippen LogP contribution in [0.5, 0.6) is 5.75 Å². The molecule has 10 N–H and O–H groups in total. The number of nitrogens with one attached hydrogen (secondary N) is 4. The average Bonchev–Trinajstić information content (AvgIpc) is 3.85. The van der Waals surface area contributed by atoms with E-state index in [1.54, 1.807) is 6.20 Å². The molecule has 262 valence electrons. The van der Waals surface area contributed by atoms with Crippen LogP contribution in [0, 0.1) is 0 Å². The van der Waals surface area contributed by atoms with Gasteiger partial charge in [0.2, 0.25) is 0 Å². The van der Waals surface area contributed by atoms with Crippen LogP contribution in [0.15, 0.2) is 58.4 Å². The number of aromatic amines is 1. The molecule has 1 saturated carbocycles. The number of ether oxygens (including phenoxy) is 1. The van der Waals surface area contributed by atoms with Crippen LogP contribution in [0.2, 0.25) is 0 Å². The van der Waals surface area contributed by atoms with Crippen LogP contribution < -0.4 is 43.4 Å². The molecule has 0 aliphatic heterocycles. The second kappa shape index (κ2) is 17.7. The second-order valence-electron chi connectivity index (χ2n) is 14.1. The average molecular weight is 662 g/mol. The summed E-state index contributed by atoms with van der Waals surface area (Å²) in [4.78, 5) is 35.6. The minimum absolute atomic E-state index is 0.115. The highest BCUT2D eigenvalue weighted by Gasteiger charge is 2.25. The van der Waals surface area contributed by atoms with Crippen LogP contribution in [-0.4, -0.2) is 53.7 Å². The Balaban J connectivity index is 0.000000264. The fourth-order valence-electron chi connectivity index (χ4n) is 4.62. The molecule has 2 amide bonds. The number of guanidine groups is 1. The SMILES string of the molecule is CC(C)(C)NC(=O)Nc1ccc(C2CC2)cc1OCCCN.CC(C)(C)c1ncc(-c2ccc(CNCCCN=C(N)N)cc2)c(=O)[nH]1. The summed E-state index contributed by atoms with van der Waals surface area (Å²) < 4.78 is 5.80. The first-order chi connectivity index (χ1) is 22.7. The lowest BCUT2D eigenvalue weighted by Gasteiger charge is -2.21. The molecule has 3 aromatic rings. The molecule has 0 spiro atoms. The number of urea groups is 1. The summed E-state index contributed by atoms with van der Waals surface area (Å²) in [7, 11) is 0. The van der Waals surface area contributed by atoms with Crippen molar-refractivity contribution < 1.29 is 9.53 Å². The lowest BCUT2D eigenvalue weighted by atomic mass is 9.95. The molecule has 1 aromatic heterocycles. The molecule has 2 aromatic carbocycles. The summed E-state index contributed by atoms with van der Waals surface area (Å²) in [6, 6.07) is 13.7. The van der Waals surface area contributed by atoms with Gasteiger partial charge in [0, 0.05) is 30.2 Å². The molecule has 1 aliphatic carbocycles. The zero-order chi connectivity index (χ0) is 35.3. The Hall–Kier alpha value is -4.42. The van der Waals surface area contributed by atoms with Crippen LogP contribution in [-0.2, 0) is 12.0 Å². The van der Waals surface area contributed by atoms with Gasteiger partial charge in [0.15, 0.2) is 5.96 Å². The summed E-state index contributed by atoms with van der Waals surface area (Å²) in [6.45, 7) is 15.2. The summed E-state index contributed by atoms with van der Waals surface area (Å²) in [5, 5.41) is 9.10. The van der Waals surface area contributed by atoms with Gasteiger partial charge in [-0.2, -0.15) is 0 Å². The third kappa shape index (κ3) is 13.4. The number of nitrogens with two attached hydrogens (primary N) is 3. The third-order valence-electron chi connectivity index (χ3n) is 7.31. The molecule has 48 heavy (non-hydrogen) atoms. The van der Waals surface area contributed by atoms with E-state index >= 15 is 0 Å². The topological polar surface area (TPSA) is 199 Å². The maximum absolute atomic E-state index is 12.4. The van der Waals surface area contributed by atoms with Gasteiger partial charge in [0.25, 0.3) is 5.56 Å². The fourth-order valence-corrected chi connectivity index (χ4v) is 4.62. The maximum atomic E-state index is 12.4. The molecule has 1 fully saturated rings. The third-order valence-corrected chi connectivity index (χ3v) is 7.31. The summed E-state index contributed by atoms with van der Waals surface area (Å²) in [5.74, 6) is 2.18. The van der Waals surface area contributed by atoms with Crippen molar-refractivity contribution in [3.8, 4) is 16.9 Å². The normalized spacial score (nSPS) is 12.8. The number of hydrogen-bond donors (Lipinski definition) is 7. The van der Waals surface area contributed by atoms with Crippen molar-refractivity contribution >= 4 is 17.7 Å². The Morgan fingerprint density at radius 2 is 1.75 bits per heavy atom. The second-order valence-corrected chi connectivity index (χ2v) is 14.1. The number of benzene rings is 2. The van der Waals surface area contributed by atoms with Crippen molar-refractivity contribution in [1.82, 2.24) is 20.6 Å². The predicted octanol–water partition coefficient (Wildman–Crippen LogP) is 4.70. The lowest BCUT2D eigenvalue weighted by Crippen LogP contribution is -2.43. The molecule has 0 atom stereocenters. The van der Waals surface area contributed by atoms with E-state index < -0.39 is 0 Å². The van der Waals surface area contributed by atoms with Crippen molar-refractivity contribution in [1.29, 1.82) is 0 Å². The van der Waals surface area contributed by atoms with Crippen molar-refractivity contribution in [3.05, 3.63) is 76.0 Å². The first-order valence-electron chi connectivity index (χ1n) is 16.7. The summed E-state index contributed by atoms with van der Waals surface area (Å²) >= 11 is 0. The molecule has 0 saturated heterocycles. The molecular weight excluding hydrogens is 606 g/mol. The quantitative estimate of drug-likeness (QED) is 0.0777. The van der Waals surface area contributed by atoms with E-state index in [9.17, 15) is 9.59 Å².